The Bertz CT molecular complexity index is 600. The van der Waals surface area contributed by atoms with Crippen LogP contribution in [0.4, 0.5) is 0 Å². The van der Waals surface area contributed by atoms with Crippen molar-refractivity contribution in [2.75, 3.05) is 14.1 Å². The second-order valence-corrected chi connectivity index (χ2v) is 6.53. The van der Waals surface area contributed by atoms with Gasteiger partial charge in [-0.25, -0.2) is 0 Å². The van der Waals surface area contributed by atoms with Crippen molar-refractivity contribution in [2.24, 2.45) is 0 Å². The van der Waals surface area contributed by atoms with E-state index in [4.69, 9.17) is 0 Å². The van der Waals surface area contributed by atoms with Gasteiger partial charge in [-0.2, -0.15) is 0 Å². The molecule has 0 radical (unpaired) electrons. The fourth-order valence-electron chi connectivity index (χ4n) is 3.74. The van der Waals surface area contributed by atoms with E-state index in [0.29, 0.717) is 5.92 Å². The minimum Gasteiger partial charge on any atom is -0.306 e. The molecule has 0 amide bonds. The zero-order valence-corrected chi connectivity index (χ0v) is 13.3. The van der Waals surface area contributed by atoms with Crippen molar-refractivity contribution in [3.05, 3.63) is 59.7 Å². The van der Waals surface area contributed by atoms with Crippen LogP contribution in [-0.4, -0.2) is 25.0 Å². The van der Waals surface area contributed by atoms with Crippen molar-refractivity contribution in [1.82, 2.24) is 4.90 Å². The third-order valence-corrected chi connectivity index (χ3v) is 4.94. The number of benzene rings is 2. The summed E-state index contributed by atoms with van der Waals surface area (Å²) in [6.45, 7) is 2.24. The van der Waals surface area contributed by atoms with E-state index < -0.39 is 0 Å². The van der Waals surface area contributed by atoms with E-state index in [0.717, 1.165) is 6.04 Å². The van der Waals surface area contributed by atoms with Crippen molar-refractivity contribution in [3.63, 3.8) is 0 Å². The van der Waals surface area contributed by atoms with Gasteiger partial charge in [-0.15, -0.1) is 0 Å². The summed E-state index contributed by atoms with van der Waals surface area (Å²) >= 11 is 0. The van der Waals surface area contributed by atoms with Gasteiger partial charge in [0.2, 0.25) is 0 Å². The van der Waals surface area contributed by atoms with Crippen LogP contribution in [0.15, 0.2) is 48.5 Å². The Kier molecular flexibility index (Phi) is 4.12. The first-order chi connectivity index (χ1) is 10.2. The van der Waals surface area contributed by atoms with Crippen LogP contribution in [0.2, 0.25) is 0 Å². The summed E-state index contributed by atoms with van der Waals surface area (Å²) in [4.78, 5) is 2.39. The van der Waals surface area contributed by atoms with E-state index in [1.807, 2.05) is 0 Å². The Labute approximate surface area is 128 Å². The van der Waals surface area contributed by atoms with Crippen LogP contribution in [0.5, 0.6) is 0 Å². The number of nitrogens with zero attached hydrogens (tertiary/aromatic N) is 1. The molecule has 0 saturated heterocycles. The maximum absolute atomic E-state index is 2.39. The summed E-state index contributed by atoms with van der Waals surface area (Å²) < 4.78 is 0. The molecular weight excluding hydrogens is 254 g/mol. The lowest BCUT2D eigenvalue weighted by molar-refractivity contribution is 0.296. The van der Waals surface area contributed by atoms with Crippen LogP contribution >= 0.6 is 0 Å². The molecule has 110 valence electrons. The molecule has 2 aromatic rings. The lowest BCUT2D eigenvalue weighted by Gasteiger charge is -2.21. The monoisotopic (exact) mass is 279 g/mol. The highest BCUT2D eigenvalue weighted by Gasteiger charge is 2.28. The highest BCUT2D eigenvalue weighted by molar-refractivity contribution is 5.71. The molecule has 3 rings (SSSR count). The van der Waals surface area contributed by atoms with Crippen LogP contribution in [0.1, 0.15) is 36.3 Å². The molecule has 0 bridgehead atoms. The summed E-state index contributed by atoms with van der Waals surface area (Å²) in [5.41, 5.74) is 5.76. The number of hydrogen-bond acceptors (Lipinski definition) is 1. The second-order valence-electron chi connectivity index (χ2n) is 6.53. The Morgan fingerprint density at radius 2 is 1.67 bits per heavy atom. The first-order valence-corrected chi connectivity index (χ1v) is 7.98. The first-order valence-electron chi connectivity index (χ1n) is 7.98. The third-order valence-electron chi connectivity index (χ3n) is 4.94. The van der Waals surface area contributed by atoms with E-state index in [2.05, 4.69) is 74.4 Å². The van der Waals surface area contributed by atoms with Gasteiger partial charge in [-0.3, -0.25) is 0 Å². The Morgan fingerprint density at radius 3 is 2.33 bits per heavy atom. The maximum Gasteiger partial charge on any atom is 0.00952 e. The summed E-state index contributed by atoms with van der Waals surface area (Å²) in [7, 11) is 4.42. The number of aryl methyl sites for hydroxylation is 1. The molecule has 2 aromatic carbocycles. The molecule has 1 aliphatic carbocycles. The van der Waals surface area contributed by atoms with Gasteiger partial charge in [0.05, 0.1) is 0 Å². The highest BCUT2D eigenvalue weighted by atomic mass is 15.1. The van der Waals surface area contributed by atoms with E-state index >= 15 is 0 Å². The second kappa shape index (κ2) is 6.03. The Hall–Kier alpha value is -1.60. The normalized spacial score (nSPS) is 21.9. The first kappa shape index (κ1) is 14.3. The van der Waals surface area contributed by atoms with Crippen molar-refractivity contribution >= 4 is 0 Å². The van der Waals surface area contributed by atoms with E-state index in [-0.39, 0.29) is 0 Å². The van der Waals surface area contributed by atoms with Crippen molar-refractivity contribution in [3.8, 4) is 11.1 Å². The fraction of sp³-hybridized carbons (Fsp3) is 0.400. The molecule has 0 aliphatic heterocycles. The SMILES string of the molecule is Cc1cccc(C2CCC(N(C)C)C2)c1-c1ccccc1. The number of rotatable bonds is 3. The standard InChI is InChI=1S/C20H25N/c1-15-8-7-11-19(17-12-13-18(14-17)21(2)3)20(15)16-9-5-4-6-10-16/h4-11,17-18H,12-14H2,1-3H3. The molecule has 2 atom stereocenters. The molecule has 1 nitrogen and oxygen atoms in total. The lowest BCUT2D eigenvalue weighted by atomic mass is 9.87. The Morgan fingerprint density at radius 1 is 0.905 bits per heavy atom. The molecule has 21 heavy (non-hydrogen) atoms. The topological polar surface area (TPSA) is 3.24 Å². The molecular formula is C20H25N. The summed E-state index contributed by atoms with van der Waals surface area (Å²) in [6.07, 6.45) is 3.92. The molecule has 0 heterocycles. The van der Waals surface area contributed by atoms with Crippen LogP contribution in [0.3, 0.4) is 0 Å². The van der Waals surface area contributed by atoms with Gasteiger partial charge >= 0.3 is 0 Å². The summed E-state index contributed by atoms with van der Waals surface area (Å²) in [5.74, 6) is 0.701. The average Bonchev–Trinajstić information content (AvgIpc) is 2.98. The van der Waals surface area contributed by atoms with Gasteiger partial charge in [0, 0.05) is 6.04 Å². The van der Waals surface area contributed by atoms with E-state index in [1.165, 1.54) is 36.0 Å². The van der Waals surface area contributed by atoms with Gasteiger partial charge < -0.3 is 4.90 Å². The van der Waals surface area contributed by atoms with Crippen LogP contribution < -0.4 is 0 Å². The minimum absolute atomic E-state index is 0.701. The largest absolute Gasteiger partial charge is 0.306 e. The summed E-state index contributed by atoms with van der Waals surface area (Å²) in [6, 6.07) is 18.4. The molecule has 1 saturated carbocycles. The van der Waals surface area contributed by atoms with Crippen molar-refractivity contribution in [1.29, 1.82) is 0 Å². The third kappa shape index (κ3) is 2.89. The zero-order valence-electron chi connectivity index (χ0n) is 13.3. The van der Waals surface area contributed by atoms with Crippen LogP contribution in [0.25, 0.3) is 11.1 Å². The molecule has 0 aromatic heterocycles. The molecule has 0 spiro atoms. The predicted molar refractivity (Wildman–Crippen MR) is 90.7 cm³/mol. The van der Waals surface area contributed by atoms with Crippen molar-refractivity contribution < 1.29 is 0 Å². The van der Waals surface area contributed by atoms with Crippen molar-refractivity contribution in [2.45, 2.75) is 38.1 Å². The summed E-state index contributed by atoms with van der Waals surface area (Å²) in [5, 5.41) is 0. The highest BCUT2D eigenvalue weighted by Crippen LogP contribution is 2.41. The fourth-order valence-corrected chi connectivity index (χ4v) is 3.74. The minimum atomic E-state index is 0.701. The quantitative estimate of drug-likeness (QED) is 0.775. The van der Waals surface area contributed by atoms with E-state index in [1.54, 1.807) is 5.56 Å². The molecule has 1 aliphatic rings. The van der Waals surface area contributed by atoms with Gasteiger partial charge in [0.1, 0.15) is 0 Å². The molecule has 2 unspecified atom stereocenters. The van der Waals surface area contributed by atoms with Crippen LogP contribution in [-0.2, 0) is 0 Å². The maximum atomic E-state index is 2.39. The molecule has 1 fully saturated rings. The average molecular weight is 279 g/mol. The molecule has 0 N–H and O–H groups in total. The number of hydrogen-bond donors (Lipinski definition) is 0. The predicted octanol–water partition coefficient (Wildman–Crippen LogP) is 4.86. The molecule has 1 heteroatoms. The van der Waals surface area contributed by atoms with E-state index in [9.17, 15) is 0 Å². The zero-order chi connectivity index (χ0) is 14.8. The van der Waals surface area contributed by atoms with Crippen LogP contribution in [0, 0.1) is 6.92 Å². The van der Waals surface area contributed by atoms with Gasteiger partial charge in [0.15, 0.2) is 0 Å². The van der Waals surface area contributed by atoms with Gasteiger partial charge in [-0.05, 0) is 68.5 Å². The van der Waals surface area contributed by atoms with Gasteiger partial charge in [-0.1, -0.05) is 48.5 Å². The Balaban J connectivity index is 1.99. The van der Waals surface area contributed by atoms with Gasteiger partial charge in [0.25, 0.3) is 0 Å². The smallest absolute Gasteiger partial charge is 0.00952 e. The lowest BCUT2D eigenvalue weighted by Crippen LogP contribution is -2.24.